The minimum Gasteiger partial charge on any atom is -0.354 e. The fraction of sp³-hybridized carbons (Fsp3) is 0.438. The van der Waals surface area contributed by atoms with Crippen molar-refractivity contribution in [3.8, 4) is 11.3 Å². The maximum absolute atomic E-state index is 5.89. The van der Waals surface area contributed by atoms with E-state index < -0.39 is 0 Å². The van der Waals surface area contributed by atoms with Crippen LogP contribution in [-0.4, -0.2) is 11.5 Å². The molecule has 8 rings (SSSR count). The van der Waals surface area contributed by atoms with Crippen molar-refractivity contribution in [2.75, 3.05) is 6.54 Å². The molecule has 4 aliphatic carbocycles. The molecular formula is C32H36N2. The highest BCUT2D eigenvalue weighted by atomic mass is 14.7. The van der Waals surface area contributed by atoms with Gasteiger partial charge in [-0.25, -0.2) is 0 Å². The highest BCUT2D eigenvalue weighted by Gasteiger charge is 2.51. The molecule has 4 aliphatic rings. The van der Waals surface area contributed by atoms with E-state index in [1.54, 1.807) is 5.56 Å². The van der Waals surface area contributed by atoms with Crippen LogP contribution >= 0.6 is 0 Å². The van der Waals surface area contributed by atoms with Gasteiger partial charge in [-0.1, -0.05) is 48.5 Å². The van der Waals surface area contributed by atoms with Crippen LogP contribution in [0.5, 0.6) is 0 Å². The molecule has 3 N–H and O–H groups in total. The van der Waals surface area contributed by atoms with Crippen LogP contribution in [-0.2, 0) is 11.8 Å². The SMILES string of the molecule is NCCCCc1c(-c2cccc3ccccc23)[nH]c2ccc(C34CC5CC(CC(C5)C3)C4)cc12. The maximum Gasteiger partial charge on any atom is 0.0503 e. The summed E-state index contributed by atoms with van der Waals surface area (Å²) in [6.07, 6.45) is 12.1. The number of hydrogen-bond acceptors (Lipinski definition) is 1. The van der Waals surface area contributed by atoms with E-state index in [1.807, 2.05) is 0 Å². The van der Waals surface area contributed by atoms with E-state index in [1.165, 1.54) is 77.0 Å². The highest BCUT2D eigenvalue weighted by molar-refractivity contribution is 6.00. The zero-order valence-corrected chi connectivity index (χ0v) is 20.2. The van der Waals surface area contributed by atoms with Gasteiger partial charge in [-0.2, -0.15) is 0 Å². The van der Waals surface area contributed by atoms with Crippen molar-refractivity contribution in [2.24, 2.45) is 23.5 Å². The zero-order chi connectivity index (χ0) is 22.7. The Morgan fingerprint density at radius 3 is 2.29 bits per heavy atom. The molecule has 0 unspecified atom stereocenters. The van der Waals surface area contributed by atoms with Crippen molar-refractivity contribution in [2.45, 2.75) is 63.2 Å². The van der Waals surface area contributed by atoms with Gasteiger partial charge >= 0.3 is 0 Å². The van der Waals surface area contributed by atoms with Gasteiger partial charge < -0.3 is 10.7 Å². The van der Waals surface area contributed by atoms with Gasteiger partial charge in [0.2, 0.25) is 0 Å². The smallest absolute Gasteiger partial charge is 0.0503 e. The monoisotopic (exact) mass is 448 g/mol. The quantitative estimate of drug-likeness (QED) is 0.291. The number of aromatic nitrogens is 1. The number of nitrogens with one attached hydrogen (secondary N) is 1. The van der Waals surface area contributed by atoms with Gasteiger partial charge in [0, 0.05) is 16.5 Å². The Balaban J connectivity index is 1.38. The van der Waals surface area contributed by atoms with Crippen LogP contribution in [0.2, 0.25) is 0 Å². The lowest BCUT2D eigenvalue weighted by atomic mass is 9.48. The number of aryl methyl sites for hydroxylation is 1. The van der Waals surface area contributed by atoms with E-state index in [9.17, 15) is 0 Å². The summed E-state index contributed by atoms with van der Waals surface area (Å²) >= 11 is 0. The van der Waals surface area contributed by atoms with Gasteiger partial charge in [-0.05, 0) is 122 Å². The van der Waals surface area contributed by atoms with E-state index in [0.29, 0.717) is 5.41 Å². The standard InChI is InChI=1S/C32H36N2/c33-13-4-3-9-28-29-17-25(32-18-21-14-22(19-32)16-23(15-21)20-32)11-12-30(29)34-31(28)27-10-5-7-24-6-1-2-8-26(24)27/h1-2,5-8,10-12,17,21-23,34H,3-4,9,13-16,18-20,33H2. The molecular weight excluding hydrogens is 412 g/mol. The van der Waals surface area contributed by atoms with E-state index in [0.717, 1.165) is 43.6 Å². The molecule has 4 bridgehead atoms. The van der Waals surface area contributed by atoms with Crippen LogP contribution < -0.4 is 5.73 Å². The molecule has 4 aromatic rings. The third-order valence-corrected chi connectivity index (χ3v) is 9.50. The van der Waals surface area contributed by atoms with E-state index in [2.05, 4.69) is 65.6 Å². The molecule has 34 heavy (non-hydrogen) atoms. The normalized spacial score (nSPS) is 27.7. The summed E-state index contributed by atoms with van der Waals surface area (Å²) in [4.78, 5) is 3.87. The van der Waals surface area contributed by atoms with Crippen LogP contribution in [0.1, 0.15) is 62.5 Å². The molecule has 1 heterocycles. The van der Waals surface area contributed by atoms with Gasteiger partial charge in [0.25, 0.3) is 0 Å². The summed E-state index contributed by atoms with van der Waals surface area (Å²) in [5.74, 6) is 2.93. The molecule has 174 valence electrons. The fourth-order valence-electron chi connectivity index (χ4n) is 8.42. The summed E-state index contributed by atoms with van der Waals surface area (Å²) in [7, 11) is 0. The first kappa shape index (κ1) is 20.8. The van der Waals surface area contributed by atoms with Crippen molar-refractivity contribution in [3.63, 3.8) is 0 Å². The number of aromatic amines is 1. The number of unbranched alkanes of at least 4 members (excludes halogenated alkanes) is 1. The Hall–Kier alpha value is -2.58. The van der Waals surface area contributed by atoms with Crippen LogP contribution in [0, 0.1) is 17.8 Å². The number of benzene rings is 3. The Bertz CT molecular complexity index is 1320. The Morgan fingerprint density at radius 1 is 0.794 bits per heavy atom. The summed E-state index contributed by atoms with van der Waals surface area (Å²) in [5.41, 5.74) is 13.4. The van der Waals surface area contributed by atoms with Gasteiger partial charge in [-0.3, -0.25) is 0 Å². The van der Waals surface area contributed by atoms with Crippen LogP contribution in [0.4, 0.5) is 0 Å². The minimum atomic E-state index is 0.439. The first-order valence-corrected chi connectivity index (χ1v) is 13.6. The van der Waals surface area contributed by atoms with E-state index >= 15 is 0 Å². The second-order valence-corrected chi connectivity index (χ2v) is 11.7. The topological polar surface area (TPSA) is 41.8 Å². The first-order valence-electron chi connectivity index (χ1n) is 13.6. The van der Waals surface area contributed by atoms with Crippen molar-refractivity contribution in [3.05, 3.63) is 71.8 Å². The van der Waals surface area contributed by atoms with E-state index in [-0.39, 0.29) is 0 Å². The van der Waals surface area contributed by atoms with Gasteiger partial charge in [0.1, 0.15) is 0 Å². The van der Waals surface area contributed by atoms with Crippen molar-refractivity contribution in [1.82, 2.24) is 4.98 Å². The maximum atomic E-state index is 5.89. The second kappa shape index (κ2) is 7.99. The molecule has 2 heteroatoms. The average molecular weight is 449 g/mol. The van der Waals surface area contributed by atoms with Crippen LogP contribution in [0.3, 0.4) is 0 Å². The largest absolute Gasteiger partial charge is 0.354 e. The summed E-state index contributed by atoms with van der Waals surface area (Å²) in [5, 5.41) is 4.09. The van der Waals surface area contributed by atoms with Crippen molar-refractivity contribution in [1.29, 1.82) is 0 Å². The molecule has 0 amide bonds. The third-order valence-electron chi connectivity index (χ3n) is 9.50. The minimum absolute atomic E-state index is 0.439. The van der Waals surface area contributed by atoms with Crippen LogP contribution in [0.25, 0.3) is 32.9 Å². The Labute approximate surface area is 202 Å². The lowest BCUT2D eigenvalue weighted by molar-refractivity contribution is -0.00513. The molecule has 3 aromatic carbocycles. The third kappa shape index (κ3) is 3.26. The summed E-state index contributed by atoms with van der Waals surface area (Å²) in [6.45, 7) is 0.768. The lowest BCUT2D eigenvalue weighted by Crippen LogP contribution is -2.48. The number of nitrogens with two attached hydrogens (primary N) is 1. The molecule has 4 saturated carbocycles. The van der Waals surface area contributed by atoms with Crippen molar-refractivity contribution >= 4 is 21.7 Å². The lowest BCUT2D eigenvalue weighted by Gasteiger charge is -2.57. The van der Waals surface area contributed by atoms with Gasteiger partial charge in [0.05, 0.1) is 5.69 Å². The molecule has 0 atom stereocenters. The predicted octanol–water partition coefficient (Wildman–Crippen LogP) is 7.74. The molecule has 0 radical (unpaired) electrons. The number of H-pyrrole nitrogens is 1. The number of rotatable bonds is 6. The van der Waals surface area contributed by atoms with E-state index in [4.69, 9.17) is 5.73 Å². The average Bonchev–Trinajstić information content (AvgIpc) is 3.21. The van der Waals surface area contributed by atoms with Crippen molar-refractivity contribution < 1.29 is 0 Å². The number of hydrogen-bond donors (Lipinski definition) is 2. The molecule has 0 aliphatic heterocycles. The van der Waals surface area contributed by atoms with Crippen LogP contribution in [0.15, 0.2) is 60.7 Å². The Morgan fingerprint density at radius 2 is 1.53 bits per heavy atom. The first-order chi connectivity index (χ1) is 16.7. The molecule has 1 aromatic heterocycles. The molecule has 0 spiro atoms. The molecule has 2 nitrogen and oxygen atoms in total. The molecule has 4 fully saturated rings. The highest BCUT2D eigenvalue weighted by Crippen LogP contribution is 2.61. The summed E-state index contributed by atoms with van der Waals surface area (Å²) < 4.78 is 0. The van der Waals surface area contributed by atoms with Gasteiger partial charge in [0.15, 0.2) is 0 Å². The zero-order valence-electron chi connectivity index (χ0n) is 20.2. The second-order valence-electron chi connectivity index (χ2n) is 11.7. The Kier molecular flexibility index (Phi) is 4.88. The fourth-order valence-corrected chi connectivity index (χ4v) is 8.42. The predicted molar refractivity (Wildman–Crippen MR) is 143 cm³/mol. The molecule has 0 saturated heterocycles. The number of fused-ring (bicyclic) bond motifs is 2. The van der Waals surface area contributed by atoms with Gasteiger partial charge in [-0.15, -0.1) is 0 Å². The summed E-state index contributed by atoms with van der Waals surface area (Å²) in [6, 6.07) is 23.0.